The lowest BCUT2D eigenvalue weighted by molar-refractivity contribution is -0.384. The molecule has 0 bridgehead atoms. The molecule has 0 radical (unpaired) electrons. The van der Waals surface area contributed by atoms with E-state index in [1.165, 1.54) is 18.9 Å². The van der Waals surface area contributed by atoms with Crippen LogP contribution in [0.3, 0.4) is 0 Å². The Labute approximate surface area is 99.6 Å². The van der Waals surface area contributed by atoms with Crippen molar-refractivity contribution < 1.29 is 4.92 Å². The highest BCUT2D eigenvalue weighted by Crippen LogP contribution is 2.20. The molecule has 0 unspecified atom stereocenters. The highest BCUT2D eigenvalue weighted by Gasteiger charge is 2.16. The van der Waals surface area contributed by atoms with Crippen molar-refractivity contribution >= 4 is 11.5 Å². The van der Waals surface area contributed by atoms with Gasteiger partial charge in [0, 0.05) is 24.8 Å². The fraction of sp³-hybridized carbons (Fsp3) is 0.545. The van der Waals surface area contributed by atoms with Gasteiger partial charge in [-0.2, -0.15) is 0 Å². The van der Waals surface area contributed by atoms with E-state index in [-0.39, 0.29) is 5.69 Å². The van der Waals surface area contributed by atoms with E-state index >= 15 is 0 Å². The number of pyridine rings is 1. The first kappa shape index (κ1) is 11.8. The molecule has 1 aliphatic rings. The second kappa shape index (κ2) is 5.58. The lowest BCUT2D eigenvalue weighted by atomic mass is 10.1. The second-order valence-electron chi connectivity index (χ2n) is 4.14. The van der Waals surface area contributed by atoms with Gasteiger partial charge in [-0.15, -0.1) is 0 Å². The van der Waals surface area contributed by atoms with Crippen molar-refractivity contribution in [1.82, 2.24) is 10.3 Å². The molecular weight excluding hydrogens is 220 g/mol. The highest BCUT2D eigenvalue weighted by atomic mass is 16.6. The lowest BCUT2D eigenvalue weighted by Gasteiger charge is -2.10. The van der Waals surface area contributed by atoms with Gasteiger partial charge in [0.2, 0.25) is 5.82 Å². The molecule has 1 saturated heterocycles. The van der Waals surface area contributed by atoms with E-state index in [1.807, 2.05) is 0 Å². The van der Waals surface area contributed by atoms with E-state index in [9.17, 15) is 10.1 Å². The molecule has 1 aromatic heterocycles. The predicted molar refractivity (Wildman–Crippen MR) is 65.0 cm³/mol. The number of hydrogen-bond acceptors (Lipinski definition) is 5. The summed E-state index contributed by atoms with van der Waals surface area (Å²) in [5, 5.41) is 17.2. The Bertz CT molecular complexity index is 391. The summed E-state index contributed by atoms with van der Waals surface area (Å²) in [5.74, 6) is 0.357. The summed E-state index contributed by atoms with van der Waals surface area (Å²) in [7, 11) is 0. The third kappa shape index (κ3) is 3.13. The Hall–Kier alpha value is -1.69. The molecule has 6 nitrogen and oxygen atoms in total. The molecule has 0 aromatic carbocycles. The molecule has 0 saturated carbocycles. The number of hydrogen-bond donors (Lipinski definition) is 2. The molecule has 1 aliphatic heterocycles. The fourth-order valence-electron chi connectivity index (χ4n) is 2.05. The number of nitrogens with zero attached hydrogens (tertiary/aromatic N) is 2. The monoisotopic (exact) mass is 236 g/mol. The van der Waals surface area contributed by atoms with Crippen LogP contribution in [-0.2, 0) is 0 Å². The first-order valence-corrected chi connectivity index (χ1v) is 5.84. The average Bonchev–Trinajstić information content (AvgIpc) is 2.82. The molecule has 1 aromatic rings. The summed E-state index contributed by atoms with van der Waals surface area (Å²) in [6.45, 7) is 1.78. The van der Waals surface area contributed by atoms with Gasteiger partial charge in [0.1, 0.15) is 0 Å². The van der Waals surface area contributed by atoms with Gasteiger partial charge < -0.3 is 10.6 Å². The second-order valence-corrected chi connectivity index (χ2v) is 4.14. The van der Waals surface area contributed by atoms with Crippen molar-refractivity contribution in [3.8, 4) is 0 Å². The van der Waals surface area contributed by atoms with Gasteiger partial charge in [-0.05, 0) is 31.9 Å². The van der Waals surface area contributed by atoms with E-state index in [0.717, 1.165) is 13.0 Å². The summed E-state index contributed by atoms with van der Waals surface area (Å²) >= 11 is 0. The molecule has 0 aliphatic carbocycles. The summed E-state index contributed by atoms with van der Waals surface area (Å²) in [4.78, 5) is 14.3. The quantitative estimate of drug-likeness (QED) is 0.598. The maximum atomic E-state index is 10.8. The molecule has 2 heterocycles. The minimum absolute atomic E-state index is 0.0341. The SMILES string of the molecule is O=[N+]([O-])c1cccnc1NCC[C@H]1CCCN1. The number of nitro groups is 1. The molecular formula is C11H16N4O2. The normalized spacial score (nSPS) is 19.2. The Kier molecular flexibility index (Phi) is 3.87. The Morgan fingerprint density at radius 1 is 1.65 bits per heavy atom. The highest BCUT2D eigenvalue weighted by molar-refractivity contribution is 5.54. The number of nitrogens with one attached hydrogen (secondary N) is 2. The number of anilines is 1. The van der Waals surface area contributed by atoms with Crippen LogP contribution in [-0.4, -0.2) is 29.0 Å². The lowest BCUT2D eigenvalue weighted by Crippen LogP contribution is -2.24. The number of rotatable bonds is 5. The van der Waals surface area contributed by atoms with Crippen molar-refractivity contribution in [3.63, 3.8) is 0 Å². The maximum absolute atomic E-state index is 10.8. The van der Waals surface area contributed by atoms with E-state index in [4.69, 9.17) is 0 Å². The topological polar surface area (TPSA) is 80.1 Å². The zero-order chi connectivity index (χ0) is 12.1. The van der Waals surface area contributed by atoms with Crippen molar-refractivity contribution in [1.29, 1.82) is 0 Å². The average molecular weight is 236 g/mol. The molecule has 1 fully saturated rings. The summed E-state index contributed by atoms with van der Waals surface area (Å²) < 4.78 is 0. The first-order chi connectivity index (χ1) is 8.27. The summed E-state index contributed by atoms with van der Waals surface area (Å²) in [6, 6.07) is 3.57. The summed E-state index contributed by atoms with van der Waals surface area (Å²) in [5.41, 5.74) is 0.0341. The van der Waals surface area contributed by atoms with E-state index < -0.39 is 4.92 Å². The van der Waals surface area contributed by atoms with Crippen molar-refractivity contribution in [2.75, 3.05) is 18.4 Å². The molecule has 17 heavy (non-hydrogen) atoms. The van der Waals surface area contributed by atoms with Gasteiger partial charge >= 0.3 is 5.69 Å². The van der Waals surface area contributed by atoms with Crippen LogP contribution in [0.25, 0.3) is 0 Å². The van der Waals surface area contributed by atoms with Crippen LogP contribution in [0.15, 0.2) is 18.3 Å². The minimum atomic E-state index is -0.414. The molecule has 92 valence electrons. The third-order valence-corrected chi connectivity index (χ3v) is 2.93. The number of aromatic nitrogens is 1. The van der Waals surface area contributed by atoms with Gasteiger partial charge in [-0.1, -0.05) is 0 Å². The van der Waals surface area contributed by atoms with Crippen LogP contribution in [0.5, 0.6) is 0 Å². The smallest absolute Gasteiger partial charge is 0.311 e. The molecule has 2 N–H and O–H groups in total. The first-order valence-electron chi connectivity index (χ1n) is 5.84. The van der Waals surface area contributed by atoms with Gasteiger partial charge in [0.25, 0.3) is 0 Å². The zero-order valence-corrected chi connectivity index (χ0v) is 9.56. The van der Waals surface area contributed by atoms with Crippen molar-refractivity contribution in [2.24, 2.45) is 0 Å². The predicted octanol–water partition coefficient (Wildman–Crippen LogP) is 1.54. The van der Waals surface area contributed by atoms with Gasteiger partial charge in [-0.25, -0.2) is 4.98 Å². The van der Waals surface area contributed by atoms with Crippen LogP contribution in [0.2, 0.25) is 0 Å². The minimum Gasteiger partial charge on any atom is -0.364 e. The van der Waals surface area contributed by atoms with Crippen LogP contribution in [0, 0.1) is 10.1 Å². The molecule has 0 amide bonds. The largest absolute Gasteiger partial charge is 0.364 e. The van der Waals surface area contributed by atoms with E-state index in [1.54, 1.807) is 12.3 Å². The molecule has 2 rings (SSSR count). The zero-order valence-electron chi connectivity index (χ0n) is 9.56. The Morgan fingerprint density at radius 3 is 3.24 bits per heavy atom. The van der Waals surface area contributed by atoms with Gasteiger partial charge in [-0.3, -0.25) is 10.1 Å². The fourth-order valence-corrected chi connectivity index (χ4v) is 2.05. The van der Waals surface area contributed by atoms with Gasteiger partial charge in [0.05, 0.1) is 4.92 Å². The molecule has 6 heteroatoms. The van der Waals surface area contributed by atoms with Crippen LogP contribution in [0.4, 0.5) is 11.5 Å². The van der Waals surface area contributed by atoms with Crippen LogP contribution < -0.4 is 10.6 Å². The Morgan fingerprint density at radius 2 is 2.53 bits per heavy atom. The van der Waals surface area contributed by atoms with E-state index in [0.29, 0.717) is 18.4 Å². The van der Waals surface area contributed by atoms with Crippen molar-refractivity contribution in [3.05, 3.63) is 28.4 Å². The Balaban J connectivity index is 1.87. The van der Waals surface area contributed by atoms with Crippen LogP contribution >= 0.6 is 0 Å². The van der Waals surface area contributed by atoms with E-state index in [2.05, 4.69) is 15.6 Å². The van der Waals surface area contributed by atoms with Crippen molar-refractivity contribution in [2.45, 2.75) is 25.3 Å². The molecule has 0 spiro atoms. The molecule has 1 atom stereocenters. The standard InChI is InChI=1S/C11H16N4O2/c16-15(17)10-4-2-7-13-11(10)14-8-5-9-3-1-6-12-9/h2,4,7,9,12H,1,3,5-6,8H2,(H,13,14)/t9-/m1/s1. The van der Waals surface area contributed by atoms with Gasteiger partial charge in [0.15, 0.2) is 0 Å². The van der Waals surface area contributed by atoms with Crippen LogP contribution in [0.1, 0.15) is 19.3 Å². The maximum Gasteiger partial charge on any atom is 0.311 e. The summed E-state index contributed by atoms with van der Waals surface area (Å²) in [6.07, 6.45) is 4.93. The third-order valence-electron chi connectivity index (χ3n) is 2.93.